The van der Waals surface area contributed by atoms with Gasteiger partial charge in [-0.25, -0.2) is 18.1 Å². The SMILES string of the molecule is NC1CCC(NS(=O)(=O)c2ccc(OCC(F)(F)F)nc2)CC1. The second kappa shape index (κ2) is 7.02. The minimum atomic E-state index is -4.48. The molecule has 0 aliphatic heterocycles. The van der Waals surface area contributed by atoms with Crippen LogP contribution < -0.4 is 15.2 Å². The van der Waals surface area contributed by atoms with Crippen molar-refractivity contribution in [3.63, 3.8) is 0 Å². The monoisotopic (exact) mass is 353 g/mol. The van der Waals surface area contributed by atoms with E-state index in [-0.39, 0.29) is 22.9 Å². The number of hydrogen-bond donors (Lipinski definition) is 2. The minimum Gasteiger partial charge on any atom is -0.468 e. The highest BCUT2D eigenvalue weighted by Crippen LogP contribution is 2.21. The molecule has 1 aromatic rings. The molecule has 1 aromatic heterocycles. The third-order valence-corrected chi connectivity index (χ3v) is 5.00. The second-order valence-electron chi connectivity index (χ2n) is 5.47. The van der Waals surface area contributed by atoms with Crippen molar-refractivity contribution in [1.29, 1.82) is 0 Å². The molecular formula is C13H18F3N3O3S. The lowest BCUT2D eigenvalue weighted by Gasteiger charge is -2.26. The number of hydrogen-bond acceptors (Lipinski definition) is 5. The van der Waals surface area contributed by atoms with Crippen LogP contribution in [0, 0.1) is 0 Å². The van der Waals surface area contributed by atoms with Crippen molar-refractivity contribution in [2.24, 2.45) is 5.73 Å². The van der Waals surface area contributed by atoms with Crippen molar-refractivity contribution >= 4 is 10.0 Å². The van der Waals surface area contributed by atoms with Crippen LogP contribution in [0.4, 0.5) is 13.2 Å². The normalized spacial score (nSPS) is 22.8. The number of ether oxygens (including phenoxy) is 1. The fourth-order valence-electron chi connectivity index (χ4n) is 2.29. The van der Waals surface area contributed by atoms with E-state index >= 15 is 0 Å². The lowest BCUT2D eigenvalue weighted by Crippen LogP contribution is -2.40. The Labute approximate surface area is 132 Å². The number of halogens is 3. The van der Waals surface area contributed by atoms with Gasteiger partial charge in [-0.2, -0.15) is 13.2 Å². The van der Waals surface area contributed by atoms with Gasteiger partial charge >= 0.3 is 6.18 Å². The molecule has 23 heavy (non-hydrogen) atoms. The summed E-state index contributed by atoms with van der Waals surface area (Å²) in [6.07, 6.45) is -0.703. The molecule has 1 saturated carbocycles. The van der Waals surface area contributed by atoms with E-state index in [9.17, 15) is 21.6 Å². The zero-order chi connectivity index (χ0) is 17.1. The van der Waals surface area contributed by atoms with Crippen LogP contribution >= 0.6 is 0 Å². The van der Waals surface area contributed by atoms with Gasteiger partial charge in [-0.05, 0) is 31.7 Å². The molecule has 0 bridgehead atoms. The molecule has 0 spiro atoms. The molecular weight excluding hydrogens is 335 g/mol. The van der Waals surface area contributed by atoms with E-state index in [0.29, 0.717) is 12.8 Å². The summed E-state index contributed by atoms with van der Waals surface area (Å²) >= 11 is 0. The Morgan fingerprint density at radius 3 is 2.43 bits per heavy atom. The first-order valence-electron chi connectivity index (χ1n) is 7.09. The van der Waals surface area contributed by atoms with Crippen LogP contribution in [-0.2, 0) is 10.0 Å². The first-order chi connectivity index (χ1) is 10.7. The van der Waals surface area contributed by atoms with Crippen molar-refractivity contribution in [2.75, 3.05) is 6.61 Å². The van der Waals surface area contributed by atoms with Crippen LogP contribution in [0.1, 0.15) is 25.7 Å². The van der Waals surface area contributed by atoms with E-state index < -0.39 is 22.8 Å². The predicted molar refractivity (Wildman–Crippen MR) is 76.3 cm³/mol. The number of nitrogens with one attached hydrogen (secondary N) is 1. The Bertz CT molecular complexity index is 612. The molecule has 1 aliphatic rings. The molecule has 1 fully saturated rings. The summed E-state index contributed by atoms with van der Waals surface area (Å²) < 4.78 is 67.5. The van der Waals surface area contributed by atoms with E-state index in [0.717, 1.165) is 31.2 Å². The Morgan fingerprint density at radius 1 is 1.26 bits per heavy atom. The molecule has 0 atom stereocenters. The second-order valence-corrected chi connectivity index (χ2v) is 7.18. The average molecular weight is 353 g/mol. The van der Waals surface area contributed by atoms with Gasteiger partial charge in [0.15, 0.2) is 6.61 Å². The highest BCUT2D eigenvalue weighted by Gasteiger charge is 2.29. The Hall–Kier alpha value is -1.39. The van der Waals surface area contributed by atoms with Gasteiger partial charge in [-0.1, -0.05) is 0 Å². The third-order valence-electron chi connectivity index (χ3n) is 3.50. The molecule has 0 unspecified atom stereocenters. The maximum absolute atomic E-state index is 12.2. The molecule has 6 nitrogen and oxygen atoms in total. The molecule has 0 saturated heterocycles. The molecule has 2 rings (SSSR count). The van der Waals surface area contributed by atoms with Gasteiger partial charge in [0.05, 0.1) is 6.20 Å². The van der Waals surface area contributed by atoms with Crippen molar-refractivity contribution in [2.45, 2.75) is 48.8 Å². The highest BCUT2D eigenvalue weighted by molar-refractivity contribution is 7.89. The lowest BCUT2D eigenvalue weighted by atomic mass is 9.93. The van der Waals surface area contributed by atoms with E-state index in [2.05, 4.69) is 14.4 Å². The van der Waals surface area contributed by atoms with Gasteiger partial charge in [-0.3, -0.25) is 0 Å². The average Bonchev–Trinajstić information content (AvgIpc) is 2.47. The summed E-state index contributed by atoms with van der Waals surface area (Å²) in [4.78, 5) is 3.47. The van der Waals surface area contributed by atoms with Crippen molar-refractivity contribution in [3.8, 4) is 5.88 Å². The van der Waals surface area contributed by atoms with Crippen molar-refractivity contribution in [3.05, 3.63) is 18.3 Å². The van der Waals surface area contributed by atoms with Crippen LogP contribution in [0.15, 0.2) is 23.2 Å². The number of pyridine rings is 1. The quantitative estimate of drug-likeness (QED) is 0.838. The van der Waals surface area contributed by atoms with Gasteiger partial charge in [0.2, 0.25) is 15.9 Å². The Kier molecular flexibility index (Phi) is 5.48. The number of alkyl halides is 3. The topological polar surface area (TPSA) is 94.3 Å². The number of nitrogens with two attached hydrogens (primary N) is 1. The number of rotatable bonds is 5. The maximum Gasteiger partial charge on any atom is 0.422 e. The zero-order valence-electron chi connectivity index (χ0n) is 12.2. The van der Waals surface area contributed by atoms with E-state index in [1.165, 1.54) is 0 Å². The van der Waals surface area contributed by atoms with Crippen LogP contribution in [0.3, 0.4) is 0 Å². The fraction of sp³-hybridized carbons (Fsp3) is 0.615. The first kappa shape index (κ1) is 18.0. The van der Waals surface area contributed by atoms with Crippen LogP contribution in [0.5, 0.6) is 5.88 Å². The molecule has 1 heterocycles. The summed E-state index contributed by atoms with van der Waals surface area (Å²) in [7, 11) is -3.77. The third kappa shape index (κ3) is 5.63. The lowest BCUT2D eigenvalue weighted by molar-refractivity contribution is -0.154. The van der Waals surface area contributed by atoms with Crippen LogP contribution in [0.2, 0.25) is 0 Å². The Balaban J connectivity index is 1.97. The van der Waals surface area contributed by atoms with E-state index in [1.54, 1.807) is 0 Å². The predicted octanol–water partition coefficient (Wildman–Crippen LogP) is 1.57. The summed E-state index contributed by atoms with van der Waals surface area (Å²) in [5.74, 6) is -0.287. The summed E-state index contributed by atoms with van der Waals surface area (Å²) in [6, 6.07) is 2.16. The number of sulfonamides is 1. The number of nitrogens with zero attached hydrogens (tertiary/aromatic N) is 1. The summed E-state index contributed by atoms with van der Waals surface area (Å²) in [5.41, 5.74) is 5.77. The van der Waals surface area contributed by atoms with Gasteiger partial charge in [-0.15, -0.1) is 0 Å². The molecule has 3 N–H and O–H groups in total. The molecule has 1 aliphatic carbocycles. The highest BCUT2D eigenvalue weighted by atomic mass is 32.2. The van der Waals surface area contributed by atoms with Crippen molar-refractivity contribution in [1.82, 2.24) is 9.71 Å². The van der Waals surface area contributed by atoms with E-state index in [1.807, 2.05) is 0 Å². The van der Waals surface area contributed by atoms with Crippen LogP contribution in [0.25, 0.3) is 0 Å². The molecule has 130 valence electrons. The minimum absolute atomic E-state index is 0.0995. The van der Waals surface area contributed by atoms with Gasteiger partial charge in [0.25, 0.3) is 0 Å². The van der Waals surface area contributed by atoms with Gasteiger partial charge in [0.1, 0.15) is 4.90 Å². The number of aromatic nitrogens is 1. The van der Waals surface area contributed by atoms with Gasteiger partial charge in [0, 0.05) is 18.2 Å². The first-order valence-corrected chi connectivity index (χ1v) is 8.57. The standard InChI is InChI=1S/C13H18F3N3O3S/c14-13(15,16)8-22-12-6-5-11(7-18-12)23(20,21)19-10-3-1-9(17)2-4-10/h5-7,9-10,19H,1-4,8,17H2. The largest absolute Gasteiger partial charge is 0.468 e. The smallest absolute Gasteiger partial charge is 0.422 e. The zero-order valence-corrected chi connectivity index (χ0v) is 13.0. The molecule has 0 aromatic carbocycles. The molecule has 0 amide bonds. The van der Waals surface area contributed by atoms with Gasteiger partial charge < -0.3 is 10.5 Å². The maximum atomic E-state index is 12.2. The summed E-state index contributed by atoms with van der Waals surface area (Å²) in [5, 5.41) is 0. The van der Waals surface area contributed by atoms with Crippen LogP contribution in [-0.4, -0.2) is 38.3 Å². The molecule has 10 heteroatoms. The summed E-state index contributed by atoms with van der Waals surface area (Å²) in [6.45, 7) is -1.48. The van der Waals surface area contributed by atoms with E-state index in [4.69, 9.17) is 5.73 Å². The fourth-order valence-corrected chi connectivity index (χ4v) is 3.54. The molecule has 0 radical (unpaired) electrons. The Morgan fingerprint density at radius 2 is 1.91 bits per heavy atom. The van der Waals surface area contributed by atoms with Crippen molar-refractivity contribution < 1.29 is 26.3 Å².